The van der Waals surface area contributed by atoms with Crippen LogP contribution in [0.2, 0.25) is 0 Å². The molecule has 2 aromatic carbocycles. The second-order valence-electron chi connectivity index (χ2n) is 5.97. The number of methoxy groups -OCH3 is 2. The van der Waals surface area contributed by atoms with Gasteiger partial charge in [0, 0.05) is 11.6 Å². The van der Waals surface area contributed by atoms with Crippen molar-refractivity contribution in [2.24, 2.45) is 0 Å². The van der Waals surface area contributed by atoms with Crippen LogP contribution in [0.5, 0.6) is 17.2 Å². The molecule has 6 heteroatoms. The van der Waals surface area contributed by atoms with Crippen molar-refractivity contribution in [1.82, 2.24) is 0 Å². The largest absolute Gasteiger partial charge is 0.497 e. The van der Waals surface area contributed by atoms with Crippen LogP contribution in [0.4, 0.5) is 0 Å². The number of carbonyl (C=O) groups excluding carboxylic acids is 2. The van der Waals surface area contributed by atoms with E-state index >= 15 is 0 Å². The monoisotopic (exact) mass is 396 g/mol. The fourth-order valence-electron chi connectivity index (χ4n) is 2.66. The molecule has 0 unspecified atom stereocenters. The molecule has 0 atom stereocenters. The fraction of sp³-hybridized carbons (Fsp3) is 0.217. The van der Waals surface area contributed by atoms with Gasteiger partial charge in [-0.2, -0.15) is 0 Å². The summed E-state index contributed by atoms with van der Waals surface area (Å²) in [6.07, 6.45) is 3.06. The van der Waals surface area contributed by atoms with E-state index < -0.39 is 5.97 Å². The molecule has 29 heavy (non-hydrogen) atoms. The Morgan fingerprint density at radius 2 is 1.59 bits per heavy atom. The van der Waals surface area contributed by atoms with Gasteiger partial charge in [-0.1, -0.05) is 25.3 Å². The van der Waals surface area contributed by atoms with Gasteiger partial charge in [0.25, 0.3) is 0 Å². The van der Waals surface area contributed by atoms with Crippen molar-refractivity contribution in [1.29, 1.82) is 0 Å². The highest BCUT2D eigenvalue weighted by Gasteiger charge is 2.23. The molecule has 0 saturated heterocycles. The normalized spacial score (nSPS) is 10.0. The van der Waals surface area contributed by atoms with Crippen molar-refractivity contribution in [3.8, 4) is 17.2 Å². The summed E-state index contributed by atoms with van der Waals surface area (Å²) in [5.74, 6) is 0.609. The molecule has 0 amide bonds. The number of rotatable bonds is 11. The van der Waals surface area contributed by atoms with Gasteiger partial charge in [0.05, 0.1) is 26.2 Å². The zero-order valence-corrected chi connectivity index (χ0v) is 16.6. The number of carbonyl (C=O) groups is 2. The lowest BCUT2D eigenvalue weighted by molar-refractivity contribution is -0.139. The summed E-state index contributed by atoms with van der Waals surface area (Å²) < 4.78 is 21.3. The van der Waals surface area contributed by atoms with Gasteiger partial charge < -0.3 is 18.9 Å². The number of esters is 1. The van der Waals surface area contributed by atoms with Crippen molar-refractivity contribution in [2.75, 3.05) is 27.4 Å². The molecule has 2 rings (SSSR count). The SMILES string of the molecule is C=CCOc1cc(CC(=O)OC)c(C(=O)c2ccc(OC)cc2)c(OCC=C)c1. The predicted octanol–water partition coefficient (Wildman–Crippen LogP) is 3.77. The number of ketones is 1. The number of ether oxygens (including phenoxy) is 4. The van der Waals surface area contributed by atoms with Gasteiger partial charge in [-0.3, -0.25) is 9.59 Å². The van der Waals surface area contributed by atoms with Gasteiger partial charge in [-0.25, -0.2) is 0 Å². The molecule has 0 aromatic heterocycles. The van der Waals surface area contributed by atoms with E-state index in [1.54, 1.807) is 55.7 Å². The van der Waals surface area contributed by atoms with Crippen LogP contribution >= 0.6 is 0 Å². The third-order valence-electron chi connectivity index (χ3n) is 4.02. The van der Waals surface area contributed by atoms with Crippen LogP contribution < -0.4 is 14.2 Å². The van der Waals surface area contributed by atoms with E-state index in [1.165, 1.54) is 7.11 Å². The second-order valence-corrected chi connectivity index (χ2v) is 5.97. The maximum atomic E-state index is 13.3. The molecule has 152 valence electrons. The Morgan fingerprint density at radius 3 is 2.17 bits per heavy atom. The average molecular weight is 396 g/mol. The Balaban J connectivity index is 2.58. The van der Waals surface area contributed by atoms with E-state index in [1.807, 2.05) is 0 Å². The van der Waals surface area contributed by atoms with Crippen LogP contribution in [0.15, 0.2) is 61.7 Å². The highest BCUT2D eigenvalue weighted by atomic mass is 16.5. The molecule has 0 aliphatic heterocycles. The Kier molecular flexibility index (Phi) is 8.03. The van der Waals surface area contributed by atoms with Gasteiger partial charge in [-0.15, -0.1) is 0 Å². The van der Waals surface area contributed by atoms with Gasteiger partial charge in [0.15, 0.2) is 5.78 Å². The molecule has 0 aliphatic carbocycles. The van der Waals surface area contributed by atoms with Crippen molar-refractivity contribution in [3.05, 3.63) is 78.4 Å². The number of hydrogen-bond acceptors (Lipinski definition) is 6. The van der Waals surface area contributed by atoms with Crippen LogP contribution in [0.3, 0.4) is 0 Å². The smallest absolute Gasteiger partial charge is 0.310 e. The van der Waals surface area contributed by atoms with Crippen molar-refractivity contribution < 1.29 is 28.5 Å². The van der Waals surface area contributed by atoms with E-state index in [0.29, 0.717) is 28.4 Å². The van der Waals surface area contributed by atoms with E-state index in [9.17, 15) is 9.59 Å². The van der Waals surface area contributed by atoms with Crippen LogP contribution in [-0.4, -0.2) is 39.2 Å². The minimum absolute atomic E-state index is 0.108. The topological polar surface area (TPSA) is 71.1 Å². The second kappa shape index (κ2) is 10.7. The molecule has 0 fully saturated rings. The summed E-state index contributed by atoms with van der Waals surface area (Å²) in [6, 6.07) is 9.95. The van der Waals surface area contributed by atoms with Gasteiger partial charge in [0.1, 0.15) is 30.5 Å². The molecule has 6 nitrogen and oxygen atoms in total. The summed E-state index contributed by atoms with van der Waals surface area (Å²) in [5, 5.41) is 0. The zero-order valence-electron chi connectivity index (χ0n) is 16.6. The lowest BCUT2D eigenvalue weighted by Gasteiger charge is -2.17. The first-order chi connectivity index (χ1) is 14.0. The third kappa shape index (κ3) is 5.72. The Labute approximate surface area is 170 Å². The van der Waals surface area contributed by atoms with Crippen LogP contribution in [0, 0.1) is 0 Å². The quantitative estimate of drug-likeness (QED) is 0.327. The van der Waals surface area contributed by atoms with E-state index in [4.69, 9.17) is 18.9 Å². The minimum Gasteiger partial charge on any atom is -0.497 e. The average Bonchev–Trinajstić information content (AvgIpc) is 2.75. The van der Waals surface area contributed by atoms with Crippen LogP contribution in [-0.2, 0) is 16.0 Å². The van der Waals surface area contributed by atoms with Gasteiger partial charge >= 0.3 is 5.97 Å². The minimum atomic E-state index is -0.482. The maximum Gasteiger partial charge on any atom is 0.310 e. The molecule has 0 bridgehead atoms. The lowest BCUT2D eigenvalue weighted by atomic mass is 9.95. The molecular weight excluding hydrogens is 372 g/mol. The van der Waals surface area contributed by atoms with Crippen LogP contribution in [0.25, 0.3) is 0 Å². The first-order valence-electron chi connectivity index (χ1n) is 8.93. The standard InChI is InChI=1S/C23H24O6/c1-5-11-28-19-13-17(14-21(24)27-4)22(20(15-19)29-12-6-2)23(25)16-7-9-18(26-3)10-8-16/h5-10,13,15H,1-2,11-12,14H2,3-4H3. The summed E-state index contributed by atoms with van der Waals surface area (Å²) in [6.45, 7) is 7.72. The summed E-state index contributed by atoms with van der Waals surface area (Å²) >= 11 is 0. The van der Waals surface area contributed by atoms with E-state index in [2.05, 4.69) is 13.2 Å². The van der Waals surface area contributed by atoms with Gasteiger partial charge in [-0.05, 0) is 35.9 Å². The first-order valence-corrected chi connectivity index (χ1v) is 8.93. The third-order valence-corrected chi connectivity index (χ3v) is 4.02. The molecule has 0 aliphatic rings. The molecule has 0 saturated carbocycles. The van der Waals surface area contributed by atoms with Crippen molar-refractivity contribution >= 4 is 11.8 Å². The Bertz CT molecular complexity index is 883. The number of hydrogen-bond donors (Lipinski definition) is 0. The highest BCUT2D eigenvalue weighted by molar-refractivity contribution is 6.12. The van der Waals surface area contributed by atoms with E-state index in [-0.39, 0.29) is 31.0 Å². The van der Waals surface area contributed by atoms with Crippen molar-refractivity contribution in [2.45, 2.75) is 6.42 Å². The van der Waals surface area contributed by atoms with Crippen molar-refractivity contribution in [3.63, 3.8) is 0 Å². The van der Waals surface area contributed by atoms with Gasteiger partial charge in [0.2, 0.25) is 0 Å². The Morgan fingerprint density at radius 1 is 0.931 bits per heavy atom. The summed E-state index contributed by atoms with van der Waals surface area (Å²) in [7, 11) is 2.84. The zero-order chi connectivity index (χ0) is 21.2. The predicted molar refractivity (Wildman–Crippen MR) is 110 cm³/mol. The molecule has 2 aromatic rings. The summed E-state index contributed by atoms with van der Waals surface area (Å²) in [4.78, 5) is 25.3. The molecular formula is C23H24O6. The van der Waals surface area contributed by atoms with Crippen LogP contribution in [0.1, 0.15) is 21.5 Å². The molecule has 0 radical (unpaired) electrons. The lowest BCUT2D eigenvalue weighted by Crippen LogP contribution is -2.14. The fourth-order valence-corrected chi connectivity index (χ4v) is 2.66. The maximum absolute atomic E-state index is 13.3. The first kappa shape index (κ1) is 21.8. The molecule has 0 N–H and O–H groups in total. The molecule has 0 heterocycles. The van der Waals surface area contributed by atoms with E-state index in [0.717, 1.165) is 0 Å². The highest BCUT2D eigenvalue weighted by Crippen LogP contribution is 2.32. The Hall–Kier alpha value is -3.54. The molecule has 0 spiro atoms. The summed E-state index contributed by atoms with van der Waals surface area (Å²) in [5.41, 5.74) is 1.15. The number of benzene rings is 2.